The molecule has 9 nitrogen and oxygen atoms in total. The molecule has 1 saturated carbocycles. The average Bonchev–Trinajstić information content (AvgIpc) is 3.62. The number of hydrogen-bond donors (Lipinski definition) is 1. The number of hydrogen-bond acceptors (Lipinski definition) is 6. The lowest BCUT2D eigenvalue weighted by molar-refractivity contribution is -0.140. The van der Waals surface area contributed by atoms with Gasteiger partial charge in [0, 0.05) is 30.1 Å². The third-order valence-electron chi connectivity index (χ3n) is 8.48. The van der Waals surface area contributed by atoms with Crippen LogP contribution in [0.1, 0.15) is 36.8 Å². The minimum atomic E-state index is -4.26. The first-order valence-corrected chi connectivity index (χ1v) is 17.7. The lowest BCUT2D eigenvalue weighted by atomic mass is 10.0. The fourth-order valence-corrected chi connectivity index (χ4v) is 7.62. The maximum absolute atomic E-state index is 14.7. The van der Waals surface area contributed by atoms with Crippen molar-refractivity contribution in [2.75, 3.05) is 25.1 Å². The summed E-state index contributed by atoms with van der Waals surface area (Å²) < 4.78 is 40.4. The Labute approximate surface area is 287 Å². The van der Waals surface area contributed by atoms with Gasteiger partial charge in [-0.25, -0.2) is 8.42 Å². The molecule has 4 aromatic carbocycles. The van der Waals surface area contributed by atoms with E-state index in [2.05, 4.69) is 5.32 Å². The number of anilines is 1. The number of carbonyl (C=O) groups excluding carboxylic acids is 2. The number of nitrogens with one attached hydrogen (secondary N) is 1. The third kappa shape index (κ3) is 8.48. The minimum absolute atomic E-state index is 0.00814. The highest BCUT2D eigenvalue weighted by molar-refractivity contribution is 7.92. The largest absolute Gasteiger partial charge is 0.493 e. The molecule has 1 aliphatic rings. The predicted octanol–water partition coefficient (Wildman–Crippen LogP) is 6.25. The highest BCUT2D eigenvalue weighted by Crippen LogP contribution is 2.34. The zero-order valence-electron chi connectivity index (χ0n) is 27.0. The van der Waals surface area contributed by atoms with E-state index in [0.29, 0.717) is 22.1 Å². The summed E-state index contributed by atoms with van der Waals surface area (Å²) in [6.07, 6.45) is 4.02. The molecule has 1 fully saturated rings. The summed E-state index contributed by atoms with van der Waals surface area (Å²) >= 11 is 6.35. The molecule has 11 heteroatoms. The fraction of sp³-hybridized carbons (Fsp3) is 0.297. The topological polar surface area (TPSA) is 105 Å². The number of sulfonamides is 1. The van der Waals surface area contributed by atoms with E-state index >= 15 is 0 Å². The Hall–Kier alpha value is -4.54. The normalized spacial score (nSPS) is 13.8. The zero-order chi connectivity index (χ0) is 34.1. The van der Waals surface area contributed by atoms with Gasteiger partial charge in [-0.15, -0.1) is 0 Å². The maximum atomic E-state index is 14.7. The summed E-state index contributed by atoms with van der Waals surface area (Å²) in [5.41, 5.74) is 1.76. The lowest BCUT2D eigenvalue weighted by Gasteiger charge is -2.34. The van der Waals surface area contributed by atoms with Crippen LogP contribution in [0.5, 0.6) is 11.5 Å². The van der Waals surface area contributed by atoms with Gasteiger partial charge in [0.25, 0.3) is 10.0 Å². The van der Waals surface area contributed by atoms with Gasteiger partial charge in [-0.2, -0.15) is 0 Å². The van der Waals surface area contributed by atoms with Gasteiger partial charge >= 0.3 is 0 Å². The molecular formula is C37H40ClN3O6S. The highest BCUT2D eigenvalue weighted by atomic mass is 35.5. The highest BCUT2D eigenvalue weighted by Gasteiger charge is 2.36. The molecule has 2 amide bonds. The van der Waals surface area contributed by atoms with Gasteiger partial charge in [0.1, 0.15) is 12.6 Å². The summed E-state index contributed by atoms with van der Waals surface area (Å²) in [7, 11) is -1.33. The van der Waals surface area contributed by atoms with Crippen LogP contribution in [-0.4, -0.2) is 58.0 Å². The van der Waals surface area contributed by atoms with E-state index in [1.807, 2.05) is 36.4 Å². The molecule has 0 aromatic heterocycles. The van der Waals surface area contributed by atoms with Crippen molar-refractivity contribution in [3.63, 3.8) is 0 Å². The maximum Gasteiger partial charge on any atom is 0.264 e. The van der Waals surface area contributed by atoms with Gasteiger partial charge in [0.2, 0.25) is 11.8 Å². The first kappa shape index (κ1) is 34.8. The second-order valence-corrected chi connectivity index (χ2v) is 14.0. The number of methoxy groups -OCH3 is 2. The number of amides is 2. The Balaban J connectivity index is 1.59. The summed E-state index contributed by atoms with van der Waals surface area (Å²) in [5.74, 6) is -0.153. The Bertz CT molecular complexity index is 1800. The SMILES string of the molecule is COc1ccc(N(CC(=O)N(Cc2cccc(Cl)c2)[C@@H](Cc2ccccc2)C(=O)NC2CCCC2)S(=O)(=O)c2ccccc2)cc1OC. The van der Waals surface area contributed by atoms with E-state index < -0.39 is 28.5 Å². The van der Waals surface area contributed by atoms with E-state index in [4.69, 9.17) is 21.1 Å². The Morgan fingerprint density at radius 1 is 0.833 bits per heavy atom. The average molecular weight is 690 g/mol. The van der Waals surface area contributed by atoms with E-state index in [-0.39, 0.29) is 35.5 Å². The van der Waals surface area contributed by atoms with Crippen LogP contribution >= 0.6 is 11.6 Å². The monoisotopic (exact) mass is 689 g/mol. The smallest absolute Gasteiger partial charge is 0.264 e. The zero-order valence-corrected chi connectivity index (χ0v) is 28.6. The molecule has 0 bridgehead atoms. The van der Waals surface area contributed by atoms with Crippen LogP contribution in [0.15, 0.2) is 108 Å². The number of halogens is 1. The van der Waals surface area contributed by atoms with Gasteiger partial charge < -0.3 is 19.7 Å². The van der Waals surface area contributed by atoms with Crippen LogP contribution in [0.2, 0.25) is 5.02 Å². The Morgan fingerprint density at radius 2 is 1.48 bits per heavy atom. The van der Waals surface area contributed by atoms with Crippen molar-refractivity contribution in [1.82, 2.24) is 10.2 Å². The van der Waals surface area contributed by atoms with E-state index in [0.717, 1.165) is 35.6 Å². The van der Waals surface area contributed by atoms with Crippen molar-refractivity contribution in [3.05, 3.63) is 119 Å². The van der Waals surface area contributed by atoms with E-state index in [9.17, 15) is 18.0 Å². The fourth-order valence-electron chi connectivity index (χ4n) is 5.98. The second kappa shape index (κ2) is 16.0. The molecule has 1 atom stereocenters. The third-order valence-corrected chi connectivity index (χ3v) is 10.5. The molecule has 48 heavy (non-hydrogen) atoms. The molecule has 5 rings (SSSR count). The van der Waals surface area contributed by atoms with Crippen LogP contribution in [-0.2, 0) is 32.6 Å². The van der Waals surface area contributed by atoms with Crippen molar-refractivity contribution in [3.8, 4) is 11.5 Å². The molecule has 0 unspecified atom stereocenters. The molecule has 0 aliphatic heterocycles. The quantitative estimate of drug-likeness (QED) is 0.168. The summed E-state index contributed by atoms with van der Waals surface area (Å²) in [4.78, 5) is 30.3. The van der Waals surface area contributed by atoms with Gasteiger partial charge in [-0.1, -0.05) is 85.1 Å². The lowest BCUT2D eigenvalue weighted by Crippen LogP contribution is -2.54. The number of rotatable bonds is 14. The van der Waals surface area contributed by atoms with Gasteiger partial charge in [-0.3, -0.25) is 13.9 Å². The summed E-state index contributed by atoms with van der Waals surface area (Å²) in [5, 5.41) is 3.66. The van der Waals surface area contributed by atoms with Crippen LogP contribution in [0, 0.1) is 0 Å². The second-order valence-electron chi connectivity index (χ2n) is 11.7. The Kier molecular flexibility index (Phi) is 11.6. The summed E-state index contributed by atoms with van der Waals surface area (Å²) in [6, 6.07) is 28.2. The van der Waals surface area contributed by atoms with E-state index in [1.54, 1.807) is 48.5 Å². The molecular weight excluding hydrogens is 650 g/mol. The standard InChI is InChI=1S/C37H40ClN3O6S/c1-46-34-21-20-31(24-35(34)47-2)41(48(44,45)32-18-7-4-8-19-32)26-36(42)40(25-28-14-11-15-29(38)22-28)33(23-27-12-5-3-6-13-27)37(43)39-30-16-9-10-17-30/h3-8,11-15,18-22,24,30,33H,9-10,16-17,23,25-26H2,1-2H3,(H,39,43)/t33-/m0/s1. The molecule has 4 aromatic rings. The minimum Gasteiger partial charge on any atom is -0.493 e. The first-order chi connectivity index (χ1) is 23.2. The van der Waals surface area contributed by atoms with Crippen LogP contribution in [0.4, 0.5) is 5.69 Å². The molecule has 1 aliphatic carbocycles. The van der Waals surface area contributed by atoms with Crippen molar-refractivity contribution in [2.45, 2.75) is 55.6 Å². The van der Waals surface area contributed by atoms with Crippen molar-refractivity contribution < 1.29 is 27.5 Å². The van der Waals surface area contributed by atoms with Crippen LogP contribution < -0.4 is 19.1 Å². The van der Waals surface area contributed by atoms with Crippen molar-refractivity contribution in [1.29, 1.82) is 0 Å². The van der Waals surface area contributed by atoms with Crippen LogP contribution in [0.3, 0.4) is 0 Å². The molecule has 0 radical (unpaired) electrons. The van der Waals surface area contributed by atoms with Gasteiger partial charge in [0.05, 0.1) is 24.8 Å². The number of ether oxygens (including phenoxy) is 2. The molecule has 252 valence electrons. The van der Waals surface area contributed by atoms with Crippen LogP contribution in [0.25, 0.3) is 0 Å². The number of carbonyl (C=O) groups is 2. The van der Waals surface area contributed by atoms with Gasteiger partial charge in [-0.05, 0) is 60.4 Å². The number of benzene rings is 4. The van der Waals surface area contributed by atoms with E-state index in [1.165, 1.54) is 37.3 Å². The summed E-state index contributed by atoms with van der Waals surface area (Å²) in [6.45, 7) is -0.560. The molecule has 0 saturated heterocycles. The van der Waals surface area contributed by atoms with Gasteiger partial charge in [0.15, 0.2) is 11.5 Å². The predicted molar refractivity (Wildman–Crippen MR) is 187 cm³/mol. The molecule has 0 spiro atoms. The number of nitrogens with zero attached hydrogens (tertiary/aromatic N) is 2. The Morgan fingerprint density at radius 3 is 2.12 bits per heavy atom. The first-order valence-electron chi connectivity index (χ1n) is 15.9. The van der Waals surface area contributed by atoms with Crippen molar-refractivity contribution in [2.24, 2.45) is 0 Å². The van der Waals surface area contributed by atoms with Crippen molar-refractivity contribution >= 4 is 39.1 Å². The molecule has 1 N–H and O–H groups in total. The molecule has 0 heterocycles.